The van der Waals surface area contributed by atoms with Gasteiger partial charge in [-0.05, 0) is 50.8 Å². The molecule has 2 aromatic carbocycles. The van der Waals surface area contributed by atoms with E-state index in [1.54, 1.807) is 43.8 Å². The molecule has 1 aromatic heterocycles. The van der Waals surface area contributed by atoms with E-state index < -0.39 is 0 Å². The third-order valence-corrected chi connectivity index (χ3v) is 5.28. The van der Waals surface area contributed by atoms with Crippen LogP contribution in [0.25, 0.3) is 0 Å². The standard InChI is InChI=1S/C25H28N4O3/c1-17-8-7-10-20(23(17)28-24(30)18-12-14-26-15-13-18)25(31)27-16-21(29(2)3)19-9-5-6-11-22(19)32-4/h5-15,21H,16H2,1-4H3,(H,27,31)(H,28,30). The molecule has 32 heavy (non-hydrogen) atoms. The molecule has 0 saturated carbocycles. The summed E-state index contributed by atoms with van der Waals surface area (Å²) in [6.07, 6.45) is 3.11. The normalized spacial score (nSPS) is 11.7. The Morgan fingerprint density at radius 3 is 2.41 bits per heavy atom. The number of aromatic nitrogens is 1. The van der Waals surface area contributed by atoms with E-state index in [1.807, 2.05) is 56.3 Å². The first kappa shape index (κ1) is 23.0. The molecule has 0 radical (unpaired) electrons. The zero-order chi connectivity index (χ0) is 23.1. The van der Waals surface area contributed by atoms with E-state index in [2.05, 4.69) is 15.6 Å². The van der Waals surface area contributed by atoms with Gasteiger partial charge in [0, 0.05) is 30.1 Å². The van der Waals surface area contributed by atoms with Gasteiger partial charge in [-0.15, -0.1) is 0 Å². The van der Waals surface area contributed by atoms with Crippen LogP contribution in [0, 0.1) is 6.92 Å². The third kappa shape index (κ3) is 5.31. The van der Waals surface area contributed by atoms with Crippen molar-refractivity contribution in [2.24, 2.45) is 0 Å². The van der Waals surface area contributed by atoms with Gasteiger partial charge in [-0.1, -0.05) is 30.3 Å². The van der Waals surface area contributed by atoms with Crippen LogP contribution in [-0.2, 0) is 0 Å². The molecule has 3 rings (SSSR count). The molecule has 0 aliphatic carbocycles. The van der Waals surface area contributed by atoms with Gasteiger partial charge < -0.3 is 20.3 Å². The van der Waals surface area contributed by atoms with Gasteiger partial charge in [-0.2, -0.15) is 0 Å². The highest BCUT2D eigenvalue weighted by atomic mass is 16.5. The topological polar surface area (TPSA) is 83.6 Å². The molecule has 0 aliphatic heterocycles. The van der Waals surface area contributed by atoms with Crippen molar-refractivity contribution in [2.45, 2.75) is 13.0 Å². The number of aryl methyl sites for hydroxylation is 1. The van der Waals surface area contributed by atoms with E-state index >= 15 is 0 Å². The summed E-state index contributed by atoms with van der Waals surface area (Å²) in [5.74, 6) is 0.206. The van der Waals surface area contributed by atoms with Crippen molar-refractivity contribution in [1.29, 1.82) is 0 Å². The minimum atomic E-state index is -0.295. The number of likely N-dealkylation sites (N-methyl/N-ethyl adjacent to an activating group) is 1. The lowest BCUT2D eigenvalue weighted by Gasteiger charge is -2.26. The van der Waals surface area contributed by atoms with Crippen LogP contribution in [0.4, 0.5) is 5.69 Å². The summed E-state index contributed by atoms with van der Waals surface area (Å²) in [7, 11) is 5.54. The number of rotatable bonds is 8. The number of pyridine rings is 1. The zero-order valence-corrected chi connectivity index (χ0v) is 18.8. The number of nitrogens with zero attached hydrogens (tertiary/aromatic N) is 2. The van der Waals surface area contributed by atoms with E-state index in [-0.39, 0.29) is 17.9 Å². The Morgan fingerprint density at radius 2 is 1.72 bits per heavy atom. The van der Waals surface area contributed by atoms with E-state index in [9.17, 15) is 9.59 Å². The second-order valence-corrected chi connectivity index (χ2v) is 7.62. The fraction of sp³-hybridized carbons (Fsp3) is 0.240. The summed E-state index contributed by atoms with van der Waals surface area (Å²) in [4.78, 5) is 31.7. The Balaban J connectivity index is 1.80. The molecule has 1 heterocycles. The maximum absolute atomic E-state index is 13.1. The highest BCUT2D eigenvalue weighted by Gasteiger charge is 2.21. The quantitative estimate of drug-likeness (QED) is 0.567. The van der Waals surface area contributed by atoms with Gasteiger partial charge in [-0.25, -0.2) is 0 Å². The van der Waals surface area contributed by atoms with Crippen LogP contribution in [0.15, 0.2) is 67.0 Å². The molecule has 7 heteroatoms. The molecule has 7 nitrogen and oxygen atoms in total. The van der Waals surface area contributed by atoms with Gasteiger partial charge >= 0.3 is 0 Å². The molecule has 166 valence electrons. The Kier molecular flexibility index (Phi) is 7.57. The number of benzene rings is 2. The monoisotopic (exact) mass is 432 g/mol. The summed E-state index contributed by atoms with van der Waals surface area (Å²) in [5, 5.41) is 5.89. The van der Waals surface area contributed by atoms with Crippen molar-refractivity contribution in [3.63, 3.8) is 0 Å². The van der Waals surface area contributed by atoms with Crippen LogP contribution in [0.3, 0.4) is 0 Å². The number of nitrogens with one attached hydrogen (secondary N) is 2. The third-order valence-electron chi connectivity index (χ3n) is 5.28. The first-order valence-electron chi connectivity index (χ1n) is 10.3. The molecule has 2 N–H and O–H groups in total. The lowest BCUT2D eigenvalue weighted by Crippen LogP contribution is -2.35. The average Bonchev–Trinajstić information content (AvgIpc) is 2.81. The number of ether oxygens (including phenoxy) is 1. The predicted molar refractivity (Wildman–Crippen MR) is 125 cm³/mol. The molecule has 0 spiro atoms. The molecular formula is C25H28N4O3. The highest BCUT2D eigenvalue weighted by molar-refractivity contribution is 6.09. The van der Waals surface area contributed by atoms with Crippen molar-refractivity contribution < 1.29 is 14.3 Å². The summed E-state index contributed by atoms with van der Waals surface area (Å²) in [6.45, 7) is 2.23. The molecule has 2 amide bonds. The van der Waals surface area contributed by atoms with Gasteiger partial charge in [0.25, 0.3) is 11.8 Å². The van der Waals surface area contributed by atoms with Gasteiger partial charge in [0.15, 0.2) is 0 Å². The van der Waals surface area contributed by atoms with Crippen molar-refractivity contribution in [1.82, 2.24) is 15.2 Å². The van der Waals surface area contributed by atoms with Crippen LogP contribution in [0.1, 0.15) is 37.9 Å². The highest BCUT2D eigenvalue weighted by Crippen LogP contribution is 2.28. The maximum Gasteiger partial charge on any atom is 0.255 e. The molecule has 0 saturated heterocycles. The van der Waals surface area contributed by atoms with Crippen LogP contribution in [0.5, 0.6) is 5.75 Å². The predicted octanol–water partition coefficient (Wildman–Crippen LogP) is 3.68. The molecule has 0 fully saturated rings. The molecule has 1 unspecified atom stereocenters. The summed E-state index contributed by atoms with van der Waals surface area (Å²) in [6, 6.07) is 16.3. The number of carbonyl (C=O) groups excluding carboxylic acids is 2. The molecule has 1 atom stereocenters. The fourth-order valence-corrected chi connectivity index (χ4v) is 3.51. The lowest BCUT2D eigenvalue weighted by molar-refractivity contribution is 0.0942. The van der Waals surface area contributed by atoms with Crippen LogP contribution in [-0.4, -0.2) is 49.4 Å². The van der Waals surface area contributed by atoms with Gasteiger partial charge in [0.1, 0.15) is 5.75 Å². The van der Waals surface area contributed by atoms with E-state index in [0.717, 1.165) is 16.9 Å². The van der Waals surface area contributed by atoms with E-state index in [0.29, 0.717) is 23.4 Å². The van der Waals surface area contributed by atoms with Gasteiger partial charge in [-0.3, -0.25) is 14.6 Å². The minimum Gasteiger partial charge on any atom is -0.496 e. The number of amides is 2. The second-order valence-electron chi connectivity index (χ2n) is 7.62. The Labute approximate surface area is 188 Å². The second kappa shape index (κ2) is 10.5. The maximum atomic E-state index is 13.1. The molecular weight excluding hydrogens is 404 g/mol. The summed E-state index contributed by atoms with van der Waals surface area (Å²) in [5.41, 5.74) is 3.15. The van der Waals surface area contributed by atoms with Gasteiger partial charge in [0.2, 0.25) is 0 Å². The first-order chi connectivity index (χ1) is 15.4. The number of hydrogen-bond donors (Lipinski definition) is 2. The Hall–Kier alpha value is -3.71. The largest absolute Gasteiger partial charge is 0.496 e. The van der Waals surface area contributed by atoms with E-state index in [1.165, 1.54) is 0 Å². The van der Waals surface area contributed by atoms with Crippen molar-refractivity contribution in [3.05, 3.63) is 89.2 Å². The fourth-order valence-electron chi connectivity index (χ4n) is 3.51. The molecule has 0 bridgehead atoms. The molecule has 3 aromatic rings. The van der Waals surface area contributed by atoms with Crippen LogP contribution >= 0.6 is 0 Å². The Bertz CT molecular complexity index is 1080. The van der Waals surface area contributed by atoms with E-state index in [4.69, 9.17) is 4.74 Å². The molecule has 0 aliphatic rings. The number of anilines is 1. The van der Waals surface area contributed by atoms with Crippen molar-refractivity contribution in [3.8, 4) is 5.75 Å². The first-order valence-corrected chi connectivity index (χ1v) is 10.3. The lowest BCUT2D eigenvalue weighted by atomic mass is 10.0. The van der Waals surface area contributed by atoms with Crippen molar-refractivity contribution in [2.75, 3.05) is 33.1 Å². The van der Waals surface area contributed by atoms with Crippen LogP contribution < -0.4 is 15.4 Å². The number of methoxy groups -OCH3 is 1. The van der Waals surface area contributed by atoms with Gasteiger partial charge in [0.05, 0.1) is 24.4 Å². The number of hydrogen-bond acceptors (Lipinski definition) is 5. The Morgan fingerprint density at radius 1 is 1.00 bits per heavy atom. The summed E-state index contributed by atoms with van der Waals surface area (Å²) < 4.78 is 5.50. The number of carbonyl (C=O) groups is 2. The smallest absolute Gasteiger partial charge is 0.255 e. The number of para-hydroxylation sites is 2. The minimum absolute atomic E-state index is 0.0882. The zero-order valence-electron chi connectivity index (χ0n) is 18.8. The van der Waals surface area contributed by atoms with Crippen LogP contribution in [0.2, 0.25) is 0 Å². The summed E-state index contributed by atoms with van der Waals surface area (Å²) >= 11 is 0. The average molecular weight is 433 g/mol. The SMILES string of the molecule is COc1ccccc1C(CNC(=O)c1cccc(C)c1NC(=O)c1ccncc1)N(C)C. The van der Waals surface area contributed by atoms with Crippen molar-refractivity contribution >= 4 is 17.5 Å².